The number of imidazole rings is 1. The minimum Gasteiger partial charge on any atom is -0.338 e. The van der Waals surface area contributed by atoms with Gasteiger partial charge in [0.2, 0.25) is 0 Å². The number of benzene rings is 2. The lowest BCUT2D eigenvalue weighted by Crippen LogP contribution is -2.23. The first-order valence-corrected chi connectivity index (χ1v) is 9.14. The summed E-state index contributed by atoms with van der Waals surface area (Å²) in [6, 6.07) is 16.9. The largest absolute Gasteiger partial charge is 0.338 e. The second kappa shape index (κ2) is 7.64. The summed E-state index contributed by atoms with van der Waals surface area (Å²) in [5.41, 5.74) is 4.74. The Hall–Kier alpha value is -3.11. The molecular formula is C22H18ClN3O. The number of amides is 1. The van der Waals surface area contributed by atoms with Gasteiger partial charge in [-0.2, -0.15) is 0 Å². The number of rotatable bonds is 4. The van der Waals surface area contributed by atoms with E-state index in [4.69, 9.17) is 11.6 Å². The third-order valence-electron chi connectivity index (χ3n) is 4.50. The third kappa shape index (κ3) is 4.01. The highest BCUT2D eigenvalue weighted by molar-refractivity contribution is 6.30. The maximum absolute atomic E-state index is 12.3. The summed E-state index contributed by atoms with van der Waals surface area (Å²) < 4.78 is 0. The lowest BCUT2D eigenvalue weighted by atomic mass is 10.00. The number of aromatic amines is 1. The van der Waals surface area contributed by atoms with Gasteiger partial charge >= 0.3 is 0 Å². The number of hydrogen-bond acceptors (Lipinski definition) is 2. The normalized spacial score (nSPS) is 13.7. The summed E-state index contributed by atoms with van der Waals surface area (Å²) in [6.07, 6.45) is 7.45. The lowest BCUT2D eigenvalue weighted by molar-refractivity contribution is 0.0964. The summed E-state index contributed by atoms with van der Waals surface area (Å²) in [4.78, 5) is 20.2. The van der Waals surface area contributed by atoms with Gasteiger partial charge in [0.05, 0.1) is 11.9 Å². The van der Waals surface area contributed by atoms with Crippen LogP contribution in [-0.2, 0) is 0 Å². The molecule has 1 aliphatic rings. The Morgan fingerprint density at radius 2 is 1.78 bits per heavy atom. The van der Waals surface area contributed by atoms with Crippen molar-refractivity contribution in [3.8, 4) is 11.4 Å². The summed E-state index contributed by atoms with van der Waals surface area (Å²) in [6.45, 7) is 0. The number of allylic oxidation sites excluding steroid dienone is 4. The first kappa shape index (κ1) is 17.3. The first-order chi connectivity index (χ1) is 13.2. The maximum Gasteiger partial charge on any atom is 0.255 e. The van der Waals surface area contributed by atoms with E-state index < -0.39 is 0 Å². The van der Waals surface area contributed by atoms with E-state index in [-0.39, 0.29) is 5.91 Å². The van der Waals surface area contributed by atoms with Crippen molar-refractivity contribution in [2.45, 2.75) is 12.8 Å². The van der Waals surface area contributed by atoms with Crippen molar-refractivity contribution in [1.29, 1.82) is 0 Å². The van der Waals surface area contributed by atoms with Crippen molar-refractivity contribution in [3.63, 3.8) is 0 Å². The molecule has 1 aromatic heterocycles. The molecule has 0 radical (unpaired) electrons. The van der Waals surface area contributed by atoms with Crippen LogP contribution in [0.25, 0.3) is 17.0 Å². The highest BCUT2D eigenvalue weighted by atomic mass is 35.5. The van der Waals surface area contributed by atoms with Crippen LogP contribution in [0.1, 0.15) is 28.9 Å². The smallest absolute Gasteiger partial charge is 0.255 e. The monoisotopic (exact) mass is 375 g/mol. The van der Waals surface area contributed by atoms with Crippen LogP contribution in [0, 0.1) is 0 Å². The van der Waals surface area contributed by atoms with Crippen molar-refractivity contribution in [3.05, 3.63) is 94.9 Å². The Labute approximate surface area is 162 Å². The predicted octanol–water partition coefficient (Wildman–Crippen LogP) is 5.22. The van der Waals surface area contributed by atoms with Gasteiger partial charge in [0, 0.05) is 21.8 Å². The number of H-pyrrole nitrogens is 1. The molecule has 4 nitrogen and oxygen atoms in total. The zero-order valence-corrected chi connectivity index (χ0v) is 15.3. The molecule has 5 heteroatoms. The number of nitrogens with zero attached hydrogens (tertiary/aromatic N) is 1. The second-order valence-electron chi connectivity index (χ2n) is 6.36. The molecule has 27 heavy (non-hydrogen) atoms. The fraction of sp³-hybridized carbons (Fsp3) is 0.0909. The highest BCUT2D eigenvalue weighted by Gasteiger charge is 2.14. The molecule has 0 fully saturated rings. The highest BCUT2D eigenvalue weighted by Crippen LogP contribution is 2.26. The minimum absolute atomic E-state index is 0.123. The Morgan fingerprint density at radius 3 is 2.48 bits per heavy atom. The van der Waals surface area contributed by atoms with Gasteiger partial charge in [0.25, 0.3) is 5.91 Å². The van der Waals surface area contributed by atoms with Gasteiger partial charge in [-0.05, 0) is 48.8 Å². The zero-order chi connectivity index (χ0) is 18.6. The molecule has 1 aliphatic carbocycles. The average molecular weight is 376 g/mol. The summed E-state index contributed by atoms with van der Waals surface area (Å²) >= 11 is 5.86. The molecule has 0 spiro atoms. The number of carbonyl (C=O) groups excluding carboxylic acids is 1. The van der Waals surface area contributed by atoms with Crippen LogP contribution in [0.5, 0.6) is 0 Å². The van der Waals surface area contributed by atoms with Crippen LogP contribution < -0.4 is 5.32 Å². The number of hydrogen-bond donors (Lipinski definition) is 2. The van der Waals surface area contributed by atoms with Crippen molar-refractivity contribution in [1.82, 2.24) is 15.3 Å². The quantitative estimate of drug-likeness (QED) is 0.656. The number of nitrogens with one attached hydrogen (secondary N) is 2. The molecule has 0 saturated carbocycles. The van der Waals surface area contributed by atoms with E-state index in [1.807, 2.05) is 48.7 Å². The summed E-state index contributed by atoms with van der Waals surface area (Å²) in [5, 5.41) is 3.58. The second-order valence-corrected chi connectivity index (χ2v) is 6.79. The minimum atomic E-state index is -0.123. The molecule has 0 unspecified atom stereocenters. The van der Waals surface area contributed by atoms with Gasteiger partial charge in [0.1, 0.15) is 5.82 Å². The summed E-state index contributed by atoms with van der Waals surface area (Å²) in [5.74, 6) is 0.736. The van der Waals surface area contributed by atoms with E-state index in [0.717, 1.165) is 35.6 Å². The van der Waals surface area contributed by atoms with Gasteiger partial charge in [-0.3, -0.25) is 4.79 Å². The van der Waals surface area contributed by atoms with Gasteiger partial charge in [-0.1, -0.05) is 48.0 Å². The van der Waals surface area contributed by atoms with E-state index >= 15 is 0 Å². The molecule has 1 amide bonds. The van der Waals surface area contributed by atoms with E-state index in [1.165, 1.54) is 5.57 Å². The molecule has 0 atom stereocenters. The zero-order valence-electron chi connectivity index (χ0n) is 14.6. The Kier molecular flexibility index (Phi) is 4.90. The fourth-order valence-electron chi connectivity index (χ4n) is 3.01. The molecule has 1 heterocycles. The molecule has 3 aromatic rings. The van der Waals surface area contributed by atoms with Crippen molar-refractivity contribution in [2.75, 3.05) is 0 Å². The van der Waals surface area contributed by atoms with Crippen molar-refractivity contribution >= 4 is 23.1 Å². The van der Waals surface area contributed by atoms with Gasteiger partial charge in [0.15, 0.2) is 0 Å². The first-order valence-electron chi connectivity index (χ1n) is 8.76. The van der Waals surface area contributed by atoms with E-state index in [1.54, 1.807) is 24.3 Å². The van der Waals surface area contributed by atoms with E-state index in [9.17, 15) is 4.79 Å². The van der Waals surface area contributed by atoms with Crippen LogP contribution in [0.4, 0.5) is 0 Å². The van der Waals surface area contributed by atoms with E-state index in [2.05, 4.69) is 15.3 Å². The number of halogens is 1. The van der Waals surface area contributed by atoms with Crippen molar-refractivity contribution < 1.29 is 4.79 Å². The van der Waals surface area contributed by atoms with Crippen molar-refractivity contribution in [2.24, 2.45) is 0 Å². The van der Waals surface area contributed by atoms with Crippen LogP contribution in [-0.4, -0.2) is 15.9 Å². The summed E-state index contributed by atoms with van der Waals surface area (Å²) in [7, 11) is 0. The topological polar surface area (TPSA) is 57.8 Å². The molecule has 2 N–H and O–H groups in total. The third-order valence-corrected chi connectivity index (χ3v) is 4.75. The molecular weight excluding hydrogens is 358 g/mol. The number of aromatic nitrogens is 2. The Bertz CT molecular complexity index is 1020. The standard InChI is InChI=1S/C22H18ClN3O/c23-18-10-6-17(7-11-18)22(27)25-19-12-8-15(9-13-19)20-14-24-21(26-20)16-4-2-1-3-5-16/h1-8,10-12,14H,9,13H2,(H,24,26)(H,25,27). The SMILES string of the molecule is O=C(NC1=CC=C(c2cnc(-c3ccccc3)[nH]2)CC1)c1ccc(Cl)cc1. The van der Waals surface area contributed by atoms with Gasteiger partial charge < -0.3 is 10.3 Å². The van der Waals surface area contributed by atoms with Gasteiger partial charge in [-0.15, -0.1) is 0 Å². The lowest BCUT2D eigenvalue weighted by Gasteiger charge is -2.15. The van der Waals surface area contributed by atoms with Crippen LogP contribution in [0.2, 0.25) is 5.02 Å². The predicted molar refractivity (Wildman–Crippen MR) is 108 cm³/mol. The molecule has 0 bridgehead atoms. The van der Waals surface area contributed by atoms with Crippen LogP contribution >= 0.6 is 11.6 Å². The molecule has 0 aliphatic heterocycles. The van der Waals surface area contributed by atoms with Crippen LogP contribution in [0.15, 0.2) is 78.6 Å². The molecule has 4 rings (SSSR count). The van der Waals surface area contributed by atoms with Crippen LogP contribution in [0.3, 0.4) is 0 Å². The number of carbonyl (C=O) groups is 1. The maximum atomic E-state index is 12.3. The Balaban J connectivity index is 1.46. The average Bonchev–Trinajstić information content (AvgIpc) is 3.20. The molecule has 0 saturated heterocycles. The molecule has 2 aromatic carbocycles. The molecule has 134 valence electrons. The van der Waals surface area contributed by atoms with Gasteiger partial charge in [-0.25, -0.2) is 4.98 Å². The Morgan fingerprint density at radius 1 is 1.00 bits per heavy atom. The fourth-order valence-corrected chi connectivity index (χ4v) is 3.14. The van der Waals surface area contributed by atoms with E-state index in [0.29, 0.717) is 10.6 Å².